The van der Waals surface area contributed by atoms with Gasteiger partial charge in [-0.1, -0.05) is 18.2 Å². The first-order valence-corrected chi connectivity index (χ1v) is 7.91. The lowest BCUT2D eigenvalue weighted by molar-refractivity contribution is -0.106. The molecule has 6 nitrogen and oxygen atoms in total. The van der Waals surface area contributed by atoms with E-state index in [0.29, 0.717) is 5.69 Å². The van der Waals surface area contributed by atoms with Crippen LogP contribution < -0.4 is 0 Å². The summed E-state index contributed by atoms with van der Waals surface area (Å²) in [6, 6.07) is 13.1. The van der Waals surface area contributed by atoms with Gasteiger partial charge in [0, 0.05) is 14.2 Å². The van der Waals surface area contributed by atoms with Gasteiger partial charge in [-0.3, -0.25) is 0 Å². The van der Waals surface area contributed by atoms with Gasteiger partial charge >= 0.3 is 0 Å². The van der Waals surface area contributed by atoms with Crippen LogP contribution in [0.2, 0.25) is 0 Å². The third kappa shape index (κ3) is 3.55. The molecule has 3 rings (SSSR count). The topological polar surface area (TPSA) is 69.4 Å². The van der Waals surface area contributed by atoms with Gasteiger partial charge in [-0.2, -0.15) is 0 Å². The Kier molecular flexibility index (Phi) is 5.08. The second kappa shape index (κ2) is 7.42. The van der Waals surface area contributed by atoms with E-state index in [1.165, 1.54) is 4.80 Å². The van der Waals surface area contributed by atoms with Gasteiger partial charge in [0.15, 0.2) is 6.29 Å². The van der Waals surface area contributed by atoms with Crippen LogP contribution in [0.1, 0.15) is 18.4 Å². The standard InChI is InChI=1S/C18H21N3O3/c1-23-18(24-2)9-5-6-13-10-11-17(22)16(12-13)21-19-14-7-3-4-8-15(14)20-21/h3-4,7-8,10-12,18,22H,5-6,9H2,1-2H3. The number of fused-ring (bicyclic) bond motifs is 1. The predicted molar refractivity (Wildman–Crippen MR) is 91.3 cm³/mol. The fourth-order valence-corrected chi connectivity index (χ4v) is 2.66. The smallest absolute Gasteiger partial charge is 0.156 e. The number of aryl methyl sites for hydroxylation is 1. The summed E-state index contributed by atoms with van der Waals surface area (Å²) in [4.78, 5) is 1.48. The fourth-order valence-electron chi connectivity index (χ4n) is 2.66. The molecule has 1 heterocycles. The molecule has 1 aromatic heterocycles. The van der Waals surface area contributed by atoms with Gasteiger partial charge in [0.25, 0.3) is 0 Å². The first-order chi connectivity index (χ1) is 11.7. The number of rotatable bonds is 7. The average molecular weight is 327 g/mol. The molecule has 6 heteroatoms. The number of hydrogen-bond acceptors (Lipinski definition) is 5. The molecule has 0 radical (unpaired) electrons. The van der Waals surface area contributed by atoms with Crippen molar-refractivity contribution in [3.05, 3.63) is 48.0 Å². The van der Waals surface area contributed by atoms with Crippen molar-refractivity contribution in [2.45, 2.75) is 25.6 Å². The summed E-state index contributed by atoms with van der Waals surface area (Å²) in [7, 11) is 3.28. The second-order valence-electron chi connectivity index (χ2n) is 5.59. The van der Waals surface area contributed by atoms with Crippen molar-refractivity contribution >= 4 is 11.0 Å². The average Bonchev–Trinajstić information content (AvgIpc) is 3.04. The van der Waals surface area contributed by atoms with Gasteiger partial charge in [-0.15, -0.1) is 15.0 Å². The van der Waals surface area contributed by atoms with Gasteiger partial charge < -0.3 is 14.6 Å². The molecule has 0 bridgehead atoms. The lowest BCUT2D eigenvalue weighted by Gasteiger charge is -2.13. The van der Waals surface area contributed by atoms with Crippen LogP contribution in [0.3, 0.4) is 0 Å². The maximum absolute atomic E-state index is 10.2. The molecule has 0 aliphatic rings. The minimum absolute atomic E-state index is 0.158. The van der Waals surface area contributed by atoms with E-state index < -0.39 is 0 Å². The number of nitrogens with zero attached hydrogens (tertiary/aromatic N) is 3. The zero-order valence-corrected chi connectivity index (χ0v) is 13.8. The quantitative estimate of drug-likeness (QED) is 0.675. The number of methoxy groups -OCH3 is 2. The van der Waals surface area contributed by atoms with Gasteiger partial charge in [0.2, 0.25) is 0 Å². The van der Waals surface area contributed by atoms with Crippen LogP contribution in [0.25, 0.3) is 16.7 Å². The van der Waals surface area contributed by atoms with Crippen LogP contribution >= 0.6 is 0 Å². The molecule has 0 spiro atoms. The number of hydrogen-bond donors (Lipinski definition) is 1. The molecule has 0 atom stereocenters. The SMILES string of the molecule is COC(CCCc1ccc(O)c(-n2nc3ccccc3n2)c1)OC. The summed E-state index contributed by atoms with van der Waals surface area (Å²) in [5.41, 5.74) is 3.28. The van der Waals surface area contributed by atoms with E-state index in [4.69, 9.17) is 9.47 Å². The third-order valence-corrected chi connectivity index (χ3v) is 3.97. The van der Waals surface area contributed by atoms with Crippen molar-refractivity contribution < 1.29 is 14.6 Å². The van der Waals surface area contributed by atoms with Crippen LogP contribution in [-0.2, 0) is 15.9 Å². The van der Waals surface area contributed by atoms with E-state index in [1.54, 1.807) is 20.3 Å². The molecular formula is C18H21N3O3. The molecule has 0 fully saturated rings. The molecule has 3 aromatic rings. The second-order valence-corrected chi connectivity index (χ2v) is 5.59. The Hall–Kier alpha value is -2.44. The number of phenolic OH excluding ortho intramolecular Hbond substituents is 1. The summed E-state index contributed by atoms with van der Waals surface area (Å²) in [6.45, 7) is 0. The Morgan fingerprint density at radius 3 is 2.33 bits per heavy atom. The van der Waals surface area contributed by atoms with Crippen LogP contribution in [0.15, 0.2) is 42.5 Å². The van der Waals surface area contributed by atoms with E-state index >= 15 is 0 Å². The number of benzene rings is 2. The van der Waals surface area contributed by atoms with Crippen molar-refractivity contribution in [2.24, 2.45) is 0 Å². The van der Waals surface area contributed by atoms with E-state index in [2.05, 4.69) is 10.2 Å². The summed E-state index contributed by atoms with van der Waals surface area (Å²) < 4.78 is 10.4. The van der Waals surface area contributed by atoms with Crippen molar-refractivity contribution in [3.8, 4) is 11.4 Å². The molecule has 0 amide bonds. The molecule has 126 valence electrons. The van der Waals surface area contributed by atoms with E-state index in [0.717, 1.165) is 35.9 Å². The maximum Gasteiger partial charge on any atom is 0.156 e. The minimum Gasteiger partial charge on any atom is -0.506 e. The Balaban J connectivity index is 1.78. The summed E-state index contributed by atoms with van der Waals surface area (Å²) in [5, 5.41) is 19.0. The number of ether oxygens (including phenoxy) is 2. The lowest BCUT2D eigenvalue weighted by atomic mass is 10.1. The summed E-state index contributed by atoms with van der Waals surface area (Å²) in [6.07, 6.45) is 2.41. The Bertz CT molecular complexity index is 779. The van der Waals surface area contributed by atoms with Gasteiger partial charge in [0.1, 0.15) is 22.5 Å². The first kappa shape index (κ1) is 16.4. The zero-order chi connectivity index (χ0) is 16.9. The van der Waals surface area contributed by atoms with Crippen LogP contribution in [-0.4, -0.2) is 40.6 Å². The van der Waals surface area contributed by atoms with E-state index in [1.807, 2.05) is 36.4 Å². The third-order valence-electron chi connectivity index (χ3n) is 3.97. The highest BCUT2D eigenvalue weighted by Gasteiger charge is 2.10. The Morgan fingerprint density at radius 2 is 1.71 bits per heavy atom. The van der Waals surface area contributed by atoms with Gasteiger partial charge in [0.05, 0.1) is 0 Å². The molecule has 0 saturated carbocycles. The molecular weight excluding hydrogens is 306 g/mol. The van der Waals surface area contributed by atoms with Crippen LogP contribution in [0.4, 0.5) is 0 Å². The number of aromatic nitrogens is 3. The molecule has 1 N–H and O–H groups in total. The monoisotopic (exact) mass is 327 g/mol. The summed E-state index contributed by atoms with van der Waals surface area (Å²) >= 11 is 0. The molecule has 0 saturated heterocycles. The fraction of sp³-hybridized carbons (Fsp3) is 0.333. The lowest BCUT2D eigenvalue weighted by Crippen LogP contribution is -2.12. The van der Waals surface area contributed by atoms with Crippen molar-refractivity contribution in [1.29, 1.82) is 0 Å². The van der Waals surface area contributed by atoms with E-state index in [-0.39, 0.29) is 12.0 Å². The highest BCUT2D eigenvalue weighted by atomic mass is 16.7. The number of aromatic hydroxyl groups is 1. The molecule has 0 aliphatic carbocycles. The maximum atomic E-state index is 10.2. The molecule has 0 aliphatic heterocycles. The van der Waals surface area contributed by atoms with Crippen molar-refractivity contribution in [3.63, 3.8) is 0 Å². The number of phenols is 1. The van der Waals surface area contributed by atoms with Crippen LogP contribution in [0, 0.1) is 0 Å². The van der Waals surface area contributed by atoms with Gasteiger partial charge in [-0.25, -0.2) is 0 Å². The summed E-state index contributed by atoms with van der Waals surface area (Å²) in [5.74, 6) is 0.158. The molecule has 0 unspecified atom stereocenters. The van der Waals surface area contributed by atoms with Gasteiger partial charge in [-0.05, 0) is 49.1 Å². The largest absolute Gasteiger partial charge is 0.506 e. The van der Waals surface area contributed by atoms with Crippen molar-refractivity contribution in [2.75, 3.05) is 14.2 Å². The molecule has 2 aromatic carbocycles. The first-order valence-electron chi connectivity index (χ1n) is 7.91. The van der Waals surface area contributed by atoms with Crippen molar-refractivity contribution in [1.82, 2.24) is 15.0 Å². The normalized spacial score (nSPS) is 11.5. The highest BCUT2D eigenvalue weighted by Crippen LogP contribution is 2.24. The highest BCUT2D eigenvalue weighted by molar-refractivity contribution is 5.73. The Morgan fingerprint density at radius 1 is 1.04 bits per heavy atom. The van der Waals surface area contributed by atoms with E-state index in [9.17, 15) is 5.11 Å². The predicted octanol–water partition coefficient (Wildman–Crippen LogP) is 3.07. The minimum atomic E-state index is -0.181. The van der Waals surface area contributed by atoms with Crippen LogP contribution in [0.5, 0.6) is 5.75 Å². The molecule has 24 heavy (non-hydrogen) atoms. The Labute approximate surface area is 140 Å². The zero-order valence-electron chi connectivity index (χ0n) is 13.8.